The SMILES string of the molecule is C[C@H](Nc1cc(Cl)nn2c([C@]3(F)COC(COP(=O)(O)CP(=O)(O)O)[C@H]3O)cnc12)c1ccccc1F. The van der Waals surface area contributed by atoms with Crippen LogP contribution in [0.4, 0.5) is 14.5 Å². The van der Waals surface area contributed by atoms with E-state index in [-0.39, 0.29) is 16.5 Å². The molecule has 202 valence electrons. The molecule has 1 fully saturated rings. The number of halogens is 3. The van der Waals surface area contributed by atoms with Crippen LogP contribution in [0.1, 0.15) is 24.2 Å². The molecule has 0 bridgehead atoms. The Morgan fingerprint density at radius 2 is 2.05 bits per heavy atom. The highest BCUT2D eigenvalue weighted by Crippen LogP contribution is 2.55. The fourth-order valence-electron chi connectivity index (χ4n) is 3.99. The van der Waals surface area contributed by atoms with Gasteiger partial charge in [0.05, 0.1) is 31.1 Å². The zero-order valence-electron chi connectivity index (χ0n) is 19.1. The summed E-state index contributed by atoms with van der Waals surface area (Å²) < 4.78 is 64.1. The molecule has 0 spiro atoms. The zero-order chi connectivity index (χ0) is 27.2. The van der Waals surface area contributed by atoms with Crippen molar-refractivity contribution in [3.8, 4) is 0 Å². The third-order valence-corrected chi connectivity index (χ3v) is 9.38. The van der Waals surface area contributed by atoms with Crippen LogP contribution in [0.25, 0.3) is 5.65 Å². The second-order valence-corrected chi connectivity index (χ2v) is 12.9. The molecule has 1 aliphatic rings. The molecular weight excluding hydrogens is 560 g/mol. The van der Waals surface area contributed by atoms with Crippen LogP contribution in [0.15, 0.2) is 36.5 Å². The van der Waals surface area contributed by atoms with E-state index in [0.717, 1.165) is 10.7 Å². The Morgan fingerprint density at radius 3 is 2.73 bits per heavy atom. The molecule has 3 heterocycles. The van der Waals surface area contributed by atoms with E-state index in [9.17, 15) is 23.5 Å². The van der Waals surface area contributed by atoms with Crippen molar-refractivity contribution >= 4 is 38.1 Å². The monoisotopic (exact) mass is 582 g/mol. The normalized spacial score (nSPS) is 24.8. The number of aliphatic hydroxyl groups is 1. The number of benzene rings is 1. The number of aliphatic hydroxyl groups excluding tert-OH is 1. The van der Waals surface area contributed by atoms with E-state index in [1.807, 2.05) is 0 Å². The van der Waals surface area contributed by atoms with Crippen molar-refractivity contribution in [1.82, 2.24) is 14.6 Å². The van der Waals surface area contributed by atoms with Crippen molar-refractivity contribution in [1.29, 1.82) is 0 Å². The number of nitrogens with one attached hydrogen (secondary N) is 1. The van der Waals surface area contributed by atoms with Gasteiger partial charge in [-0.15, -0.1) is 0 Å². The minimum atomic E-state index is -4.87. The second kappa shape index (κ2) is 10.3. The smallest absolute Gasteiger partial charge is 0.340 e. The maximum Gasteiger partial charge on any atom is 0.340 e. The number of hydrogen-bond donors (Lipinski definition) is 5. The lowest BCUT2D eigenvalue weighted by Gasteiger charge is -2.24. The van der Waals surface area contributed by atoms with Crippen LogP contribution < -0.4 is 5.32 Å². The van der Waals surface area contributed by atoms with E-state index in [2.05, 4.69) is 19.9 Å². The standard InChI is InChI=1S/C20H23ClF2N4O8P2/c1-11(12-4-2-3-5-13(12)22)25-14-6-17(21)26-27-16(7-24-19(14)27)20(23)9-34-15(18(20)28)8-35-37(32,33)10-36(29,30)31/h2-7,11,15,18,25,28H,8-10H2,1H3,(H,32,33)(H2,29,30,31)/t11-,15?,18+,20+/m0/s1. The summed E-state index contributed by atoms with van der Waals surface area (Å²) in [6, 6.07) is 7.03. The van der Waals surface area contributed by atoms with Crippen LogP contribution in [0, 0.1) is 5.82 Å². The molecule has 0 aliphatic carbocycles. The number of hydrogen-bond acceptors (Lipinski definition) is 8. The summed E-state index contributed by atoms with van der Waals surface area (Å²) in [4.78, 5) is 31.6. The fraction of sp³-hybridized carbons (Fsp3) is 0.400. The number of rotatable bonds is 9. The van der Waals surface area contributed by atoms with Crippen LogP contribution in [0.5, 0.6) is 0 Å². The minimum absolute atomic E-state index is 0.0643. The van der Waals surface area contributed by atoms with Crippen LogP contribution in [-0.2, 0) is 24.1 Å². The minimum Gasteiger partial charge on any atom is -0.386 e. The number of anilines is 1. The van der Waals surface area contributed by atoms with Crippen molar-refractivity contribution in [2.45, 2.75) is 30.8 Å². The molecule has 3 aromatic rings. The van der Waals surface area contributed by atoms with Gasteiger partial charge in [-0.3, -0.25) is 9.13 Å². The Labute approximate surface area is 213 Å². The van der Waals surface area contributed by atoms with Crippen LogP contribution in [0.2, 0.25) is 5.15 Å². The lowest BCUT2D eigenvalue weighted by molar-refractivity contribution is -0.0137. The van der Waals surface area contributed by atoms with Gasteiger partial charge in [-0.25, -0.2) is 18.3 Å². The Kier molecular flexibility index (Phi) is 7.80. The molecular formula is C20H23ClF2N4O8P2. The number of imidazole rings is 1. The van der Waals surface area contributed by atoms with Gasteiger partial charge in [-0.2, -0.15) is 5.10 Å². The van der Waals surface area contributed by atoms with E-state index < -0.39 is 64.0 Å². The van der Waals surface area contributed by atoms with Gasteiger partial charge in [0.1, 0.15) is 23.7 Å². The van der Waals surface area contributed by atoms with E-state index in [4.69, 9.17) is 26.1 Å². The van der Waals surface area contributed by atoms with Crippen molar-refractivity contribution in [3.63, 3.8) is 0 Å². The number of aromatic nitrogens is 3. The fourth-order valence-corrected chi connectivity index (χ4v) is 6.75. The average Bonchev–Trinajstić information content (AvgIpc) is 3.33. The second-order valence-electron chi connectivity index (χ2n) is 8.54. The van der Waals surface area contributed by atoms with Gasteiger partial charge in [-0.05, 0) is 13.0 Å². The molecule has 0 saturated carbocycles. The molecule has 1 saturated heterocycles. The summed E-state index contributed by atoms with van der Waals surface area (Å²) in [7, 11) is -9.62. The Hall–Kier alpha value is -1.99. The highest BCUT2D eigenvalue weighted by Gasteiger charge is 2.54. The van der Waals surface area contributed by atoms with Crippen molar-refractivity contribution in [2.24, 2.45) is 0 Å². The predicted octanol–water partition coefficient (Wildman–Crippen LogP) is 2.96. The number of alkyl halides is 1. The maximum absolute atomic E-state index is 16.1. The Balaban J connectivity index is 1.58. The molecule has 5 atom stereocenters. The van der Waals surface area contributed by atoms with Gasteiger partial charge < -0.3 is 34.4 Å². The molecule has 1 aromatic carbocycles. The number of fused-ring (bicyclic) bond motifs is 1. The quantitative estimate of drug-likeness (QED) is 0.234. The lowest BCUT2D eigenvalue weighted by Crippen LogP contribution is -2.40. The lowest BCUT2D eigenvalue weighted by atomic mass is 9.95. The van der Waals surface area contributed by atoms with Gasteiger partial charge in [0.25, 0.3) is 0 Å². The van der Waals surface area contributed by atoms with Crippen LogP contribution >= 0.6 is 26.8 Å². The molecule has 37 heavy (non-hydrogen) atoms. The Morgan fingerprint density at radius 1 is 1.35 bits per heavy atom. The number of ether oxygens (including phenoxy) is 1. The first-order valence-electron chi connectivity index (χ1n) is 10.8. The van der Waals surface area contributed by atoms with Crippen LogP contribution in [0.3, 0.4) is 0 Å². The van der Waals surface area contributed by atoms with Gasteiger partial charge >= 0.3 is 15.2 Å². The van der Waals surface area contributed by atoms with E-state index in [1.54, 1.807) is 25.1 Å². The highest BCUT2D eigenvalue weighted by atomic mass is 35.5. The van der Waals surface area contributed by atoms with E-state index in [1.165, 1.54) is 12.1 Å². The summed E-state index contributed by atoms with van der Waals surface area (Å²) in [5.74, 6) is -1.88. The Bertz CT molecular complexity index is 1410. The molecule has 17 heteroatoms. The summed E-state index contributed by atoms with van der Waals surface area (Å²) in [5, 5.41) is 17.7. The predicted molar refractivity (Wildman–Crippen MR) is 128 cm³/mol. The first-order valence-corrected chi connectivity index (χ1v) is 14.7. The van der Waals surface area contributed by atoms with Gasteiger partial charge in [-0.1, -0.05) is 29.8 Å². The van der Waals surface area contributed by atoms with Crippen molar-refractivity contribution in [2.75, 3.05) is 24.4 Å². The van der Waals surface area contributed by atoms with Gasteiger partial charge in [0, 0.05) is 11.6 Å². The first kappa shape index (κ1) is 28.0. The van der Waals surface area contributed by atoms with Gasteiger partial charge in [0.15, 0.2) is 16.7 Å². The first-order chi connectivity index (χ1) is 17.2. The third kappa shape index (κ3) is 6.03. The van der Waals surface area contributed by atoms with Gasteiger partial charge in [0.2, 0.25) is 5.67 Å². The molecule has 0 amide bonds. The molecule has 2 aromatic heterocycles. The van der Waals surface area contributed by atoms with E-state index >= 15 is 4.39 Å². The average molecular weight is 583 g/mol. The zero-order valence-corrected chi connectivity index (χ0v) is 21.7. The maximum atomic E-state index is 16.1. The summed E-state index contributed by atoms with van der Waals surface area (Å²) in [6.45, 7) is 0.167. The molecule has 5 N–H and O–H groups in total. The molecule has 1 aliphatic heterocycles. The molecule has 12 nitrogen and oxygen atoms in total. The summed E-state index contributed by atoms with van der Waals surface area (Å²) >= 11 is 6.15. The number of nitrogens with zero attached hydrogens (tertiary/aromatic N) is 3. The van der Waals surface area contributed by atoms with Crippen molar-refractivity contribution < 1.29 is 47.0 Å². The molecule has 4 rings (SSSR count). The highest BCUT2D eigenvalue weighted by molar-refractivity contribution is 7.70. The van der Waals surface area contributed by atoms with Crippen LogP contribution in [-0.4, -0.2) is 65.7 Å². The largest absolute Gasteiger partial charge is 0.386 e. The third-order valence-electron chi connectivity index (χ3n) is 5.74. The summed E-state index contributed by atoms with van der Waals surface area (Å²) in [6.07, 6.45) is -2.28. The van der Waals surface area contributed by atoms with E-state index in [0.29, 0.717) is 11.3 Å². The topological polar surface area (TPSA) is 176 Å². The molecule has 2 unspecified atom stereocenters. The molecule has 0 radical (unpaired) electrons. The van der Waals surface area contributed by atoms with Crippen molar-refractivity contribution in [3.05, 3.63) is 58.8 Å². The summed E-state index contributed by atoms with van der Waals surface area (Å²) in [5.41, 5.74) is -2.07.